The third-order valence-corrected chi connectivity index (χ3v) is 4.30. The van der Waals surface area contributed by atoms with Crippen LogP contribution >= 0.6 is 0 Å². The number of hydrogen-bond acceptors (Lipinski definition) is 4. The molecule has 0 spiro atoms. The van der Waals surface area contributed by atoms with Crippen molar-refractivity contribution in [3.8, 4) is 0 Å². The predicted octanol–water partition coefficient (Wildman–Crippen LogP) is 2.96. The normalized spacial score (nSPS) is 12.6. The average molecular weight is 352 g/mol. The van der Waals surface area contributed by atoms with Crippen LogP contribution in [0.3, 0.4) is 0 Å². The molecule has 1 rings (SSSR count). The van der Waals surface area contributed by atoms with Gasteiger partial charge in [-0.2, -0.15) is 0 Å². The highest BCUT2D eigenvalue weighted by Crippen LogP contribution is 2.21. The number of esters is 1. The van der Waals surface area contributed by atoms with Crippen LogP contribution < -0.4 is 11.2 Å². The summed E-state index contributed by atoms with van der Waals surface area (Å²) in [6.07, 6.45) is 5.57. The van der Waals surface area contributed by atoms with Gasteiger partial charge in [0.25, 0.3) is 5.56 Å². The lowest BCUT2D eigenvalue weighted by molar-refractivity contribution is -0.151. The molecular weight excluding hydrogens is 320 g/mol. The van der Waals surface area contributed by atoms with E-state index < -0.39 is 0 Å². The Bertz CT molecular complexity index is 603. The number of ether oxygens (including phenoxy) is 1. The van der Waals surface area contributed by atoms with E-state index in [1.165, 1.54) is 16.8 Å². The van der Waals surface area contributed by atoms with Gasteiger partial charge in [-0.3, -0.25) is 14.2 Å². The Morgan fingerprint density at radius 2 is 1.80 bits per heavy atom. The number of carbonyl (C=O) groups excluding carboxylic acids is 1. The zero-order chi connectivity index (χ0) is 18.8. The maximum absolute atomic E-state index is 12.2. The molecule has 0 amide bonds. The number of carbonyl (C=O) groups is 1. The molecular formula is C19H32N2O4. The highest BCUT2D eigenvalue weighted by atomic mass is 16.5. The van der Waals surface area contributed by atoms with Gasteiger partial charge in [0, 0.05) is 18.8 Å². The summed E-state index contributed by atoms with van der Waals surface area (Å²) in [5.41, 5.74) is -0.645. The highest BCUT2D eigenvalue weighted by Gasteiger charge is 2.24. The minimum atomic E-state index is -0.369. The van der Waals surface area contributed by atoms with Gasteiger partial charge in [0.1, 0.15) is 0 Å². The van der Waals surface area contributed by atoms with Crippen LogP contribution in [-0.2, 0) is 16.1 Å². The topological polar surface area (TPSA) is 81.2 Å². The van der Waals surface area contributed by atoms with Crippen LogP contribution in [0.1, 0.15) is 59.8 Å². The number of nitrogens with zero attached hydrogens (tertiary/aromatic N) is 1. The lowest BCUT2D eigenvalue weighted by Gasteiger charge is -2.21. The number of hydrogen-bond donors (Lipinski definition) is 1. The van der Waals surface area contributed by atoms with E-state index in [0.717, 1.165) is 32.1 Å². The summed E-state index contributed by atoms with van der Waals surface area (Å²) in [6.45, 7) is 9.20. The van der Waals surface area contributed by atoms with Gasteiger partial charge in [-0.1, -0.05) is 34.1 Å². The summed E-state index contributed by atoms with van der Waals surface area (Å²) in [7, 11) is 0. The van der Waals surface area contributed by atoms with E-state index in [2.05, 4.69) is 32.7 Å². The standard InChI is InChI=1S/C19H32N2O4/c1-14(2)13-16(15(3)4)18(23)25-12-8-6-5-7-11-21-17(22)9-10-20-19(21)24/h9-10,14-16H,5-8,11-13H2,1-4H3,(H,20,24). The Morgan fingerprint density at radius 1 is 1.12 bits per heavy atom. The van der Waals surface area contributed by atoms with Gasteiger partial charge < -0.3 is 9.72 Å². The van der Waals surface area contributed by atoms with Crippen LogP contribution in [0.25, 0.3) is 0 Å². The highest BCUT2D eigenvalue weighted by molar-refractivity contribution is 5.72. The van der Waals surface area contributed by atoms with E-state index in [4.69, 9.17) is 4.74 Å². The molecule has 0 bridgehead atoms. The fourth-order valence-electron chi connectivity index (χ4n) is 2.82. The summed E-state index contributed by atoms with van der Waals surface area (Å²) in [6, 6.07) is 1.35. The van der Waals surface area contributed by atoms with Gasteiger partial charge in [0.15, 0.2) is 0 Å². The molecule has 25 heavy (non-hydrogen) atoms. The molecule has 0 aliphatic rings. The van der Waals surface area contributed by atoms with Crippen LogP contribution in [0.2, 0.25) is 0 Å². The lowest BCUT2D eigenvalue weighted by Crippen LogP contribution is -2.33. The maximum atomic E-state index is 12.2. The zero-order valence-electron chi connectivity index (χ0n) is 15.9. The number of rotatable bonds is 11. The number of aromatic amines is 1. The molecule has 1 heterocycles. The number of unbranched alkanes of at least 4 members (excludes halogenated alkanes) is 3. The molecule has 6 nitrogen and oxygen atoms in total. The fourth-order valence-corrected chi connectivity index (χ4v) is 2.82. The van der Waals surface area contributed by atoms with E-state index in [1.54, 1.807) is 0 Å². The summed E-state index contributed by atoms with van der Waals surface area (Å²) >= 11 is 0. The number of aromatic nitrogens is 2. The molecule has 6 heteroatoms. The molecule has 0 aliphatic heterocycles. The van der Waals surface area contributed by atoms with Crippen LogP contribution in [0, 0.1) is 17.8 Å². The Morgan fingerprint density at radius 3 is 2.40 bits per heavy atom. The van der Waals surface area contributed by atoms with Gasteiger partial charge in [0.05, 0.1) is 12.5 Å². The van der Waals surface area contributed by atoms with Crippen molar-refractivity contribution >= 4 is 5.97 Å². The first-order valence-corrected chi connectivity index (χ1v) is 9.28. The monoisotopic (exact) mass is 352 g/mol. The quantitative estimate of drug-likeness (QED) is 0.490. The number of H-pyrrole nitrogens is 1. The third kappa shape index (κ3) is 7.71. The first-order valence-electron chi connectivity index (χ1n) is 9.28. The summed E-state index contributed by atoms with van der Waals surface area (Å²) in [4.78, 5) is 37.8. The largest absolute Gasteiger partial charge is 0.465 e. The van der Waals surface area contributed by atoms with Crippen molar-refractivity contribution in [2.24, 2.45) is 17.8 Å². The molecule has 0 fully saturated rings. The first-order chi connectivity index (χ1) is 11.8. The second kappa shape index (κ2) is 10.9. The van der Waals surface area contributed by atoms with E-state index in [0.29, 0.717) is 19.1 Å². The van der Waals surface area contributed by atoms with Gasteiger partial charge in [-0.15, -0.1) is 0 Å². The molecule has 1 N–H and O–H groups in total. The Kier molecular flexibility index (Phi) is 9.24. The van der Waals surface area contributed by atoms with Gasteiger partial charge in [0.2, 0.25) is 0 Å². The molecule has 1 aromatic heterocycles. The minimum absolute atomic E-state index is 0.0309. The third-order valence-electron chi connectivity index (χ3n) is 4.30. The molecule has 0 radical (unpaired) electrons. The van der Waals surface area contributed by atoms with Crippen LogP contribution in [-0.4, -0.2) is 22.1 Å². The molecule has 0 aromatic carbocycles. The van der Waals surface area contributed by atoms with Crippen molar-refractivity contribution in [3.05, 3.63) is 33.1 Å². The lowest BCUT2D eigenvalue weighted by atomic mass is 9.88. The van der Waals surface area contributed by atoms with E-state index in [-0.39, 0.29) is 29.1 Å². The van der Waals surface area contributed by atoms with Crippen molar-refractivity contribution in [2.75, 3.05) is 6.61 Å². The maximum Gasteiger partial charge on any atom is 0.328 e. The van der Waals surface area contributed by atoms with Gasteiger partial charge in [-0.05, 0) is 37.5 Å². The number of nitrogens with one attached hydrogen (secondary N) is 1. The average Bonchev–Trinajstić information content (AvgIpc) is 2.53. The van der Waals surface area contributed by atoms with Crippen molar-refractivity contribution < 1.29 is 9.53 Å². The second-order valence-corrected chi connectivity index (χ2v) is 7.33. The van der Waals surface area contributed by atoms with Crippen LogP contribution in [0.15, 0.2) is 21.9 Å². The summed E-state index contributed by atoms with van der Waals surface area (Å²) < 4.78 is 6.63. The van der Waals surface area contributed by atoms with Crippen LogP contribution in [0.4, 0.5) is 0 Å². The SMILES string of the molecule is CC(C)CC(C(=O)OCCCCCCn1c(=O)cc[nH]c1=O)C(C)C. The second-order valence-electron chi connectivity index (χ2n) is 7.33. The van der Waals surface area contributed by atoms with E-state index in [1.807, 2.05) is 0 Å². The molecule has 1 unspecified atom stereocenters. The van der Waals surface area contributed by atoms with Crippen LogP contribution in [0.5, 0.6) is 0 Å². The fraction of sp³-hybridized carbons (Fsp3) is 0.737. The van der Waals surface area contributed by atoms with Crippen molar-refractivity contribution in [1.82, 2.24) is 9.55 Å². The Labute approximate surface area is 149 Å². The molecule has 0 saturated heterocycles. The van der Waals surface area contributed by atoms with Gasteiger partial charge >= 0.3 is 11.7 Å². The predicted molar refractivity (Wildman–Crippen MR) is 98.5 cm³/mol. The Hall–Kier alpha value is -1.85. The van der Waals surface area contributed by atoms with Gasteiger partial charge in [-0.25, -0.2) is 4.79 Å². The summed E-state index contributed by atoms with van der Waals surface area (Å²) in [5, 5.41) is 0. The molecule has 0 saturated carbocycles. The zero-order valence-corrected chi connectivity index (χ0v) is 15.9. The Balaban J connectivity index is 2.22. The van der Waals surface area contributed by atoms with E-state index in [9.17, 15) is 14.4 Å². The first kappa shape index (κ1) is 21.2. The van der Waals surface area contributed by atoms with Crippen molar-refractivity contribution in [3.63, 3.8) is 0 Å². The minimum Gasteiger partial charge on any atom is -0.465 e. The summed E-state index contributed by atoms with van der Waals surface area (Å²) in [5.74, 6) is 0.643. The molecule has 1 aromatic rings. The van der Waals surface area contributed by atoms with E-state index >= 15 is 0 Å². The van der Waals surface area contributed by atoms with Crippen molar-refractivity contribution in [2.45, 2.75) is 66.3 Å². The molecule has 1 atom stereocenters. The smallest absolute Gasteiger partial charge is 0.328 e. The van der Waals surface area contributed by atoms with Crippen molar-refractivity contribution in [1.29, 1.82) is 0 Å². The molecule has 142 valence electrons. The molecule has 0 aliphatic carbocycles.